The maximum atomic E-state index is 5.56. The second-order valence-electron chi connectivity index (χ2n) is 3.21. The van der Waals surface area contributed by atoms with E-state index in [2.05, 4.69) is 34.2 Å². The molecule has 0 aromatic heterocycles. The molecule has 1 heterocycles. The summed E-state index contributed by atoms with van der Waals surface area (Å²) in [5, 5.41) is 3.15. The van der Waals surface area contributed by atoms with E-state index in [9.17, 15) is 0 Å². The average Bonchev–Trinajstić information content (AvgIpc) is 2.60. The highest BCUT2D eigenvalue weighted by Gasteiger charge is 2.20. The van der Waals surface area contributed by atoms with Crippen molar-refractivity contribution in [2.45, 2.75) is 13.3 Å². The minimum absolute atomic E-state index is 0.798. The van der Waals surface area contributed by atoms with Crippen LogP contribution in [0.2, 0.25) is 0 Å². The summed E-state index contributed by atoms with van der Waals surface area (Å²) in [7, 11) is 1.92. The highest BCUT2D eigenvalue weighted by Crippen LogP contribution is 2.40. The molecule has 0 aliphatic carbocycles. The van der Waals surface area contributed by atoms with E-state index < -0.39 is 0 Å². The molecule has 2 nitrogen and oxygen atoms in total. The van der Waals surface area contributed by atoms with Crippen LogP contribution < -0.4 is 10.1 Å². The molecular formula is C10H12BrNO. The number of nitrogens with one attached hydrogen (secondary N) is 1. The molecule has 3 heteroatoms. The first-order valence-electron chi connectivity index (χ1n) is 4.36. The SMILES string of the molecule is CNc1cc(C)c(Br)c2c1OCC2. The summed E-state index contributed by atoms with van der Waals surface area (Å²) < 4.78 is 6.76. The lowest BCUT2D eigenvalue weighted by Crippen LogP contribution is -1.94. The minimum Gasteiger partial charge on any atom is -0.491 e. The second-order valence-corrected chi connectivity index (χ2v) is 4.00. The molecule has 0 spiro atoms. The normalized spacial score (nSPS) is 13.8. The van der Waals surface area contributed by atoms with Crippen molar-refractivity contribution in [3.8, 4) is 5.75 Å². The molecule has 1 N–H and O–H groups in total. The van der Waals surface area contributed by atoms with Crippen LogP contribution in [0.3, 0.4) is 0 Å². The van der Waals surface area contributed by atoms with Gasteiger partial charge in [0.1, 0.15) is 5.75 Å². The molecule has 0 atom stereocenters. The lowest BCUT2D eigenvalue weighted by atomic mass is 10.1. The van der Waals surface area contributed by atoms with E-state index in [0.717, 1.165) is 24.5 Å². The van der Waals surface area contributed by atoms with Gasteiger partial charge >= 0.3 is 0 Å². The Hall–Kier alpha value is -0.700. The molecule has 2 rings (SSSR count). The molecule has 0 amide bonds. The first-order chi connectivity index (χ1) is 6.24. The summed E-state index contributed by atoms with van der Waals surface area (Å²) in [5.74, 6) is 1.01. The first-order valence-corrected chi connectivity index (χ1v) is 5.16. The third-order valence-electron chi connectivity index (χ3n) is 2.36. The second kappa shape index (κ2) is 3.22. The summed E-state index contributed by atoms with van der Waals surface area (Å²) in [5.41, 5.74) is 3.64. The molecule has 0 saturated carbocycles. The molecule has 70 valence electrons. The average molecular weight is 242 g/mol. The largest absolute Gasteiger partial charge is 0.491 e. The van der Waals surface area contributed by atoms with Gasteiger partial charge in [-0.05, 0) is 18.6 Å². The summed E-state index contributed by atoms with van der Waals surface area (Å²) in [6.07, 6.45) is 1.01. The third kappa shape index (κ3) is 1.31. The van der Waals surface area contributed by atoms with Crippen molar-refractivity contribution in [2.24, 2.45) is 0 Å². The standard InChI is InChI=1S/C10H12BrNO/c1-6-5-8(12-2)10-7(9(6)11)3-4-13-10/h5,12H,3-4H2,1-2H3. The number of anilines is 1. The number of hydrogen-bond acceptors (Lipinski definition) is 2. The molecule has 0 fully saturated rings. The Balaban J connectivity index is 2.64. The lowest BCUT2D eigenvalue weighted by molar-refractivity contribution is 0.358. The van der Waals surface area contributed by atoms with Crippen LogP contribution in [0.1, 0.15) is 11.1 Å². The summed E-state index contributed by atoms with van der Waals surface area (Å²) in [4.78, 5) is 0. The maximum absolute atomic E-state index is 5.56. The number of hydrogen-bond donors (Lipinski definition) is 1. The molecule has 0 radical (unpaired) electrons. The van der Waals surface area contributed by atoms with E-state index in [-0.39, 0.29) is 0 Å². The summed E-state index contributed by atoms with van der Waals surface area (Å²) >= 11 is 3.59. The van der Waals surface area contributed by atoms with Crippen LogP contribution in [0.15, 0.2) is 10.5 Å². The van der Waals surface area contributed by atoms with E-state index in [0.29, 0.717) is 0 Å². The predicted molar refractivity (Wildman–Crippen MR) is 57.6 cm³/mol. The Labute approximate surface area is 86.4 Å². The molecular weight excluding hydrogens is 230 g/mol. The van der Waals surface area contributed by atoms with E-state index >= 15 is 0 Å². The fourth-order valence-corrected chi connectivity index (χ4v) is 2.17. The zero-order valence-corrected chi connectivity index (χ0v) is 9.36. The Morgan fingerprint density at radius 1 is 1.54 bits per heavy atom. The highest BCUT2D eigenvalue weighted by atomic mass is 79.9. The zero-order chi connectivity index (χ0) is 9.42. The minimum atomic E-state index is 0.798. The van der Waals surface area contributed by atoms with Gasteiger partial charge in [0.15, 0.2) is 0 Å². The van der Waals surface area contributed by atoms with Crippen LogP contribution in [-0.4, -0.2) is 13.7 Å². The molecule has 0 bridgehead atoms. The monoisotopic (exact) mass is 241 g/mol. The maximum Gasteiger partial charge on any atom is 0.146 e. The van der Waals surface area contributed by atoms with Crippen molar-refractivity contribution in [1.82, 2.24) is 0 Å². The predicted octanol–water partition coefficient (Wildman–Crippen LogP) is 2.73. The van der Waals surface area contributed by atoms with Crippen molar-refractivity contribution in [2.75, 3.05) is 19.0 Å². The van der Waals surface area contributed by atoms with Gasteiger partial charge in [-0.2, -0.15) is 0 Å². The number of rotatable bonds is 1. The van der Waals surface area contributed by atoms with Crippen LogP contribution in [0.5, 0.6) is 5.75 Å². The smallest absolute Gasteiger partial charge is 0.146 e. The molecule has 1 aromatic rings. The van der Waals surface area contributed by atoms with Crippen molar-refractivity contribution in [1.29, 1.82) is 0 Å². The van der Waals surface area contributed by atoms with E-state index in [4.69, 9.17) is 4.74 Å². The number of ether oxygens (including phenoxy) is 1. The molecule has 1 aliphatic rings. The third-order valence-corrected chi connectivity index (χ3v) is 3.46. The molecule has 0 unspecified atom stereocenters. The van der Waals surface area contributed by atoms with Crippen LogP contribution in [0, 0.1) is 6.92 Å². The molecule has 1 aliphatic heterocycles. The first kappa shape index (κ1) is 8.88. The van der Waals surface area contributed by atoms with E-state index in [1.807, 2.05) is 7.05 Å². The van der Waals surface area contributed by atoms with Gasteiger partial charge in [0.2, 0.25) is 0 Å². The number of benzene rings is 1. The van der Waals surface area contributed by atoms with Gasteiger partial charge in [-0.15, -0.1) is 0 Å². The van der Waals surface area contributed by atoms with Crippen molar-refractivity contribution in [3.63, 3.8) is 0 Å². The quantitative estimate of drug-likeness (QED) is 0.817. The highest BCUT2D eigenvalue weighted by molar-refractivity contribution is 9.10. The summed E-state index contributed by atoms with van der Waals surface area (Å²) in [6, 6.07) is 2.11. The Kier molecular flexibility index (Phi) is 2.20. The van der Waals surface area contributed by atoms with Crippen LogP contribution in [0.4, 0.5) is 5.69 Å². The van der Waals surface area contributed by atoms with Gasteiger partial charge in [-0.3, -0.25) is 0 Å². The number of fused-ring (bicyclic) bond motifs is 1. The zero-order valence-electron chi connectivity index (χ0n) is 7.78. The van der Waals surface area contributed by atoms with E-state index in [1.165, 1.54) is 15.6 Å². The van der Waals surface area contributed by atoms with Crippen LogP contribution in [-0.2, 0) is 6.42 Å². The van der Waals surface area contributed by atoms with Crippen molar-refractivity contribution >= 4 is 21.6 Å². The van der Waals surface area contributed by atoms with Crippen molar-refractivity contribution in [3.05, 3.63) is 21.7 Å². The van der Waals surface area contributed by atoms with Crippen molar-refractivity contribution < 1.29 is 4.74 Å². The lowest BCUT2D eigenvalue weighted by Gasteiger charge is -2.10. The topological polar surface area (TPSA) is 21.3 Å². The number of halogens is 1. The summed E-state index contributed by atoms with van der Waals surface area (Å²) in [6.45, 7) is 2.90. The van der Waals surface area contributed by atoms with Crippen LogP contribution in [0.25, 0.3) is 0 Å². The molecule has 0 saturated heterocycles. The van der Waals surface area contributed by atoms with Gasteiger partial charge < -0.3 is 10.1 Å². The Morgan fingerprint density at radius 2 is 2.31 bits per heavy atom. The van der Waals surface area contributed by atoms with Gasteiger partial charge in [0.05, 0.1) is 12.3 Å². The van der Waals surface area contributed by atoms with Crippen LogP contribution >= 0.6 is 15.9 Å². The van der Waals surface area contributed by atoms with Gasteiger partial charge in [0, 0.05) is 23.5 Å². The Morgan fingerprint density at radius 3 is 3.00 bits per heavy atom. The molecule has 1 aromatic carbocycles. The van der Waals surface area contributed by atoms with Gasteiger partial charge in [-0.1, -0.05) is 15.9 Å². The fraction of sp³-hybridized carbons (Fsp3) is 0.400. The van der Waals surface area contributed by atoms with E-state index in [1.54, 1.807) is 0 Å². The number of aryl methyl sites for hydroxylation is 1. The Bertz CT molecular complexity index is 349. The fourth-order valence-electron chi connectivity index (χ4n) is 1.67. The van der Waals surface area contributed by atoms with Gasteiger partial charge in [-0.25, -0.2) is 0 Å². The van der Waals surface area contributed by atoms with Gasteiger partial charge in [0.25, 0.3) is 0 Å². The molecule has 13 heavy (non-hydrogen) atoms.